The Morgan fingerprint density at radius 3 is 2.42 bits per heavy atom. The molecule has 0 unspecified atom stereocenters. The second-order valence-corrected chi connectivity index (χ2v) is 6.35. The average molecular weight is 331 g/mol. The van der Waals surface area contributed by atoms with Crippen molar-refractivity contribution in [3.8, 4) is 5.75 Å². The molecule has 130 valence electrons. The third kappa shape index (κ3) is 4.26. The van der Waals surface area contributed by atoms with Crippen molar-refractivity contribution >= 4 is 17.5 Å². The minimum atomic E-state index is -0.138. The van der Waals surface area contributed by atoms with Crippen LogP contribution in [0.2, 0.25) is 0 Å². The number of fused-ring (bicyclic) bond motifs is 1. The molecule has 0 aromatic heterocycles. The van der Waals surface area contributed by atoms with Gasteiger partial charge >= 0.3 is 0 Å². The van der Waals surface area contributed by atoms with Gasteiger partial charge in [0, 0.05) is 19.4 Å². The molecule has 2 saturated heterocycles. The fourth-order valence-corrected chi connectivity index (χ4v) is 3.34. The van der Waals surface area contributed by atoms with Gasteiger partial charge in [-0.2, -0.15) is 0 Å². The standard InChI is InChI=1S/C13H18N2O.C5H7NO2/c1-2-11(10-4-6-14-7-5-10)13-12(3-1)15-8-9-16-13;7-4-2-1-3-5(8)6-4/h1-3,10,14-15H,4-9H2;1-3H2,(H,6,7,8). The van der Waals surface area contributed by atoms with Crippen LogP contribution in [-0.4, -0.2) is 38.1 Å². The molecule has 3 aliphatic rings. The molecule has 6 nitrogen and oxygen atoms in total. The number of nitrogens with one attached hydrogen (secondary N) is 3. The maximum Gasteiger partial charge on any atom is 0.226 e. The molecule has 0 atom stereocenters. The molecule has 2 fully saturated rings. The summed E-state index contributed by atoms with van der Waals surface area (Å²) in [6.45, 7) is 3.96. The molecule has 0 aliphatic carbocycles. The van der Waals surface area contributed by atoms with Crippen molar-refractivity contribution in [1.82, 2.24) is 10.6 Å². The van der Waals surface area contributed by atoms with Crippen LogP contribution in [0.1, 0.15) is 43.6 Å². The van der Waals surface area contributed by atoms with Gasteiger partial charge in [0.05, 0.1) is 5.69 Å². The van der Waals surface area contributed by atoms with Crippen molar-refractivity contribution in [3.63, 3.8) is 0 Å². The third-order valence-corrected chi connectivity index (χ3v) is 4.57. The number of carbonyl (C=O) groups excluding carboxylic acids is 2. The molecular formula is C18H25N3O3. The minimum absolute atomic E-state index is 0.138. The number of carbonyl (C=O) groups is 2. The summed E-state index contributed by atoms with van der Waals surface area (Å²) in [6.07, 6.45) is 4.17. The molecule has 3 aliphatic heterocycles. The summed E-state index contributed by atoms with van der Waals surface area (Å²) in [4.78, 5) is 20.7. The van der Waals surface area contributed by atoms with Crippen molar-refractivity contribution in [2.45, 2.75) is 38.0 Å². The normalized spacial score (nSPS) is 20.7. The number of ether oxygens (including phenoxy) is 1. The summed E-state index contributed by atoms with van der Waals surface area (Å²) in [5.41, 5.74) is 2.56. The molecule has 0 radical (unpaired) electrons. The first-order chi connectivity index (χ1) is 11.7. The van der Waals surface area contributed by atoms with Gasteiger partial charge in [-0.3, -0.25) is 14.9 Å². The fourth-order valence-electron chi connectivity index (χ4n) is 3.34. The first kappa shape index (κ1) is 16.8. The average Bonchev–Trinajstić information content (AvgIpc) is 2.62. The van der Waals surface area contributed by atoms with Crippen LogP contribution in [0.15, 0.2) is 18.2 Å². The van der Waals surface area contributed by atoms with E-state index in [-0.39, 0.29) is 11.8 Å². The third-order valence-electron chi connectivity index (χ3n) is 4.57. The fraction of sp³-hybridized carbons (Fsp3) is 0.556. The molecule has 0 bridgehead atoms. The quantitative estimate of drug-likeness (QED) is 0.684. The van der Waals surface area contributed by atoms with Crippen molar-refractivity contribution in [1.29, 1.82) is 0 Å². The summed E-state index contributed by atoms with van der Waals surface area (Å²) in [5.74, 6) is 1.49. The van der Waals surface area contributed by atoms with E-state index in [2.05, 4.69) is 34.1 Å². The number of rotatable bonds is 1. The van der Waals surface area contributed by atoms with Gasteiger partial charge in [-0.25, -0.2) is 0 Å². The molecule has 3 N–H and O–H groups in total. The van der Waals surface area contributed by atoms with Gasteiger partial charge in [-0.1, -0.05) is 12.1 Å². The van der Waals surface area contributed by atoms with Crippen LogP contribution >= 0.6 is 0 Å². The van der Waals surface area contributed by atoms with Gasteiger partial charge in [0.2, 0.25) is 11.8 Å². The molecule has 24 heavy (non-hydrogen) atoms. The Bertz CT molecular complexity index is 583. The van der Waals surface area contributed by atoms with E-state index in [1.807, 2.05) is 0 Å². The maximum absolute atomic E-state index is 10.3. The van der Waals surface area contributed by atoms with E-state index >= 15 is 0 Å². The molecule has 1 aromatic carbocycles. The molecule has 0 spiro atoms. The Kier molecular flexibility index (Phi) is 5.69. The zero-order valence-electron chi connectivity index (χ0n) is 13.9. The maximum atomic E-state index is 10.3. The number of imide groups is 1. The van der Waals surface area contributed by atoms with Gasteiger partial charge in [-0.15, -0.1) is 0 Å². The number of amides is 2. The zero-order valence-corrected chi connectivity index (χ0v) is 13.9. The number of benzene rings is 1. The minimum Gasteiger partial charge on any atom is -0.489 e. The van der Waals surface area contributed by atoms with Gasteiger partial charge in [0.15, 0.2) is 0 Å². The number of hydrogen-bond acceptors (Lipinski definition) is 5. The van der Waals surface area contributed by atoms with Crippen molar-refractivity contribution in [3.05, 3.63) is 23.8 Å². The first-order valence-electron chi connectivity index (χ1n) is 8.77. The van der Waals surface area contributed by atoms with E-state index in [9.17, 15) is 9.59 Å². The highest BCUT2D eigenvalue weighted by atomic mass is 16.5. The van der Waals surface area contributed by atoms with E-state index in [0.717, 1.165) is 32.0 Å². The van der Waals surface area contributed by atoms with Crippen molar-refractivity contribution in [2.24, 2.45) is 0 Å². The van der Waals surface area contributed by atoms with Crippen molar-refractivity contribution < 1.29 is 14.3 Å². The lowest BCUT2D eigenvalue weighted by atomic mass is 9.89. The van der Waals surface area contributed by atoms with Gasteiger partial charge in [0.25, 0.3) is 0 Å². The van der Waals surface area contributed by atoms with E-state index in [0.29, 0.717) is 25.2 Å². The van der Waals surface area contributed by atoms with Gasteiger partial charge < -0.3 is 15.4 Å². The summed E-state index contributed by atoms with van der Waals surface area (Å²) >= 11 is 0. The Morgan fingerprint density at radius 2 is 1.75 bits per heavy atom. The Balaban J connectivity index is 0.000000179. The smallest absolute Gasteiger partial charge is 0.226 e. The molecule has 3 heterocycles. The van der Waals surface area contributed by atoms with Gasteiger partial charge in [-0.05, 0) is 49.9 Å². The highest BCUT2D eigenvalue weighted by Gasteiger charge is 2.22. The topological polar surface area (TPSA) is 79.5 Å². The highest BCUT2D eigenvalue weighted by molar-refractivity contribution is 5.97. The molecule has 1 aromatic rings. The largest absolute Gasteiger partial charge is 0.489 e. The Labute approximate surface area is 142 Å². The van der Waals surface area contributed by atoms with E-state index in [1.165, 1.54) is 24.1 Å². The number of hydrogen-bond donors (Lipinski definition) is 3. The highest BCUT2D eigenvalue weighted by Crippen LogP contribution is 2.38. The van der Waals surface area contributed by atoms with Crippen LogP contribution in [-0.2, 0) is 9.59 Å². The molecule has 4 rings (SSSR count). The number of anilines is 1. The Hall–Kier alpha value is -2.08. The summed E-state index contributed by atoms with van der Waals surface area (Å²) in [5, 5.41) is 9.01. The monoisotopic (exact) mass is 331 g/mol. The van der Waals surface area contributed by atoms with Crippen molar-refractivity contribution in [2.75, 3.05) is 31.6 Å². The predicted molar refractivity (Wildman–Crippen MR) is 92.3 cm³/mol. The van der Waals surface area contributed by atoms with Crippen LogP contribution in [0, 0.1) is 0 Å². The predicted octanol–water partition coefficient (Wildman–Crippen LogP) is 1.77. The summed E-state index contributed by atoms with van der Waals surface area (Å²) in [6, 6.07) is 6.47. The Morgan fingerprint density at radius 1 is 1.00 bits per heavy atom. The lowest BCUT2D eigenvalue weighted by molar-refractivity contribution is -0.132. The van der Waals surface area contributed by atoms with Gasteiger partial charge in [0.1, 0.15) is 12.4 Å². The molecule has 2 amide bonds. The number of piperidine rings is 2. The summed E-state index contributed by atoms with van der Waals surface area (Å²) in [7, 11) is 0. The van der Waals surface area contributed by atoms with E-state index < -0.39 is 0 Å². The van der Waals surface area contributed by atoms with E-state index in [4.69, 9.17) is 4.74 Å². The lowest BCUT2D eigenvalue weighted by Crippen LogP contribution is -2.33. The van der Waals surface area contributed by atoms with Crippen LogP contribution in [0.4, 0.5) is 5.69 Å². The first-order valence-corrected chi connectivity index (χ1v) is 8.77. The SMILES string of the molecule is O=C1CCCC(=O)N1.c1cc2c(c(C3CCNCC3)c1)OCCN2. The number of para-hydroxylation sites is 1. The second kappa shape index (κ2) is 8.15. The van der Waals surface area contributed by atoms with Crippen LogP contribution in [0.25, 0.3) is 0 Å². The van der Waals surface area contributed by atoms with Crippen LogP contribution < -0.4 is 20.7 Å². The second-order valence-electron chi connectivity index (χ2n) is 6.35. The summed E-state index contributed by atoms with van der Waals surface area (Å²) < 4.78 is 5.82. The van der Waals surface area contributed by atoms with Crippen LogP contribution in [0.5, 0.6) is 5.75 Å². The molecular weight excluding hydrogens is 306 g/mol. The molecule has 0 saturated carbocycles. The van der Waals surface area contributed by atoms with E-state index in [1.54, 1.807) is 0 Å². The van der Waals surface area contributed by atoms with Crippen LogP contribution in [0.3, 0.4) is 0 Å². The lowest BCUT2D eigenvalue weighted by Gasteiger charge is -2.28. The molecule has 6 heteroatoms. The zero-order chi connectivity index (χ0) is 16.8.